The molecule has 14 nitrogen and oxygen atoms in total. The van der Waals surface area contributed by atoms with Crippen LogP contribution in [-0.2, 0) is 22.7 Å². The standard InChI is InChI=1S/C38H34N10O4/c1-3-33(49)45-16-25(17-45)47-15-21-8-9-22(10-29(21)37(47)51)42-36-28-7-5-6-27(35(28)43-44-36)30-11-23(41-24-13-39-40-14-24)12-31-32(30)20-48(38(31)52)26-18-46(19-26)34(50)4-2/h3-14,25-26,41H,1-2,15-20H2,(H,39,40)(H2,42,43,44). The Morgan fingerprint density at radius 1 is 0.769 bits per heavy atom. The van der Waals surface area contributed by atoms with Crippen LogP contribution in [-0.4, -0.2) is 102 Å². The fourth-order valence-electron chi connectivity index (χ4n) is 7.64. The molecule has 2 fully saturated rings. The normalized spacial score (nSPS) is 16.8. The lowest BCUT2D eigenvalue weighted by atomic mass is 9.94. The van der Waals surface area contributed by atoms with E-state index in [1.807, 2.05) is 58.3 Å². The Morgan fingerprint density at radius 2 is 1.44 bits per heavy atom. The van der Waals surface area contributed by atoms with Crippen molar-refractivity contribution in [3.63, 3.8) is 0 Å². The summed E-state index contributed by atoms with van der Waals surface area (Å²) in [4.78, 5) is 58.4. The van der Waals surface area contributed by atoms with Crippen LogP contribution < -0.4 is 10.6 Å². The number of carbonyl (C=O) groups is 4. The minimum Gasteiger partial charge on any atom is -0.353 e. The molecule has 0 bridgehead atoms. The van der Waals surface area contributed by atoms with E-state index in [1.165, 1.54) is 12.2 Å². The summed E-state index contributed by atoms with van der Waals surface area (Å²) in [5.41, 5.74) is 7.84. The lowest BCUT2D eigenvalue weighted by Crippen LogP contribution is -2.60. The van der Waals surface area contributed by atoms with E-state index in [0.717, 1.165) is 50.2 Å². The number of H-pyrrole nitrogens is 2. The Bertz CT molecular complexity index is 2330. The highest BCUT2D eigenvalue weighted by molar-refractivity contribution is 6.07. The molecule has 0 unspecified atom stereocenters. The van der Waals surface area contributed by atoms with Gasteiger partial charge in [0.15, 0.2) is 5.82 Å². The first kappa shape index (κ1) is 31.3. The monoisotopic (exact) mass is 694 g/mol. The molecule has 2 saturated heterocycles. The molecular weight excluding hydrogens is 660 g/mol. The molecule has 4 aliphatic heterocycles. The number of hydrogen-bond acceptors (Lipinski definition) is 8. The zero-order valence-electron chi connectivity index (χ0n) is 28.1. The fourth-order valence-corrected chi connectivity index (χ4v) is 7.64. The number of benzene rings is 3. The minimum absolute atomic E-state index is 0.0176. The Balaban J connectivity index is 1.01. The summed E-state index contributed by atoms with van der Waals surface area (Å²) in [6.07, 6.45) is 6.01. The molecule has 4 amide bonds. The number of nitrogens with one attached hydrogen (secondary N) is 4. The van der Waals surface area contributed by atoms with Gasteiger partial charge in [0.2, 0.25) is 11.8 Å². The highest BCUT2D eigenvalue weighted by Gasteiger charge is 2.42. The van der Waals surface area contributed by atoms with E-state index in [-0.39, 0.29) is 35.7 Å². The van der Waals surface area contributed by atoms with Gasteiger partial charge in [0, 0.05) is 78.9 Å². The van der Waals surface area contributed by atoms with Crippen molar-refractivity contribution in [1.29, 1.82) is 0 Å². The van der Waals surface area contributed by atoms with E-state index < -0.39 is 0 Å². The van der Waals surface area contributed by atoms with Gasteiger partial charge in [-0.25, -0.2) is 0 Å². The number of para-hydroxylation sites is 1. The van der Waals surface area contributed by atoms with Crippen molar-refractivity contribution in [2.75, 3.05) is 36.8 Å². The second-order valence-corrected chi connectivity index (χ2v) is 13.5. The van der Waals surface area contributed by atoms with E-state index in [2.05, 4.69) is 44.2 Å². The van der Waals surface area contributed by atoms with Crippen LogP contribution in [0.2, 0.25) is 0 Å². The van der Waals surface area contributed by atoms with Gasteiger partial charge < -0.3 is 30.2 Å². The van der Waals surface area contributed by atoms with Crippen molar-refractivity contribution in [3.8, 4) is 11.1 Å². The molecule has 0 aliphatic carbocycles. The van der Waals surface area contributed by atoms with Crippen molar-refractivity contribution in [1.82, 2.24) is 40.0 Å². The summed E-state index contributed by atoms with van der Waals surface area (Å²) in [5.74, 6) is 0.210. The van der Waals surface area contributed by atoms with Crippen LogP contribution in [0.25, 0.3) is 22.0 Å². The average Bonchev–Trinajstić information content (AvgIpc) is 3.91. The van der Waals surface area contributed by atoms with Gasteiger partial charge in [-0.1, -0.05) is 31.4 Å². The van der Waals surface area contributed by atoms with Gasteiger partial charge >= 0.3 is 0 Å². The fraction of sp³-hybridized carbons (Fsp3) is 0.211. The zero-order valence-corrected chi connectivity index (χ0v) is 28.1. The Hall–Kier alpha value is -6.70. The molecule has 2 aromatic heterocycles. The third kappa shape index (κ3) is 5.01. The quantitative estimate of drug-likeness (QED) is 0.167. The van der Waals surface area contributed by atoms with Gasteiger partial charge in [-0.2, -0.15) is 10.2 Å². The predicted octanol–water partition coefficient (Wildman–Crippen LogP) is 4.15. The number of likely N-dealkylation sites (tertiary alicyclic amines) is 2. The summed E-state index contributed by atoms with van der Waals surface area (Å²) in [7, 11) is 0. The van der Waals surface area contributed by atoms with Gasteiger partial charge in [0.1, 0.15) is 0 Å². The molecule has 6 heterocycles. The number of nitrogens with zero attached hydrogens (tertiary/aromatic N) is 6. The van der Waals surface area contributed by atoms with Gasteiger partial charge in [0.05, 0.1) is 29.5 Å². The van der Waals surface area contributed by atoms with Crippen molar-refractivity contribution in [2.24, 2.45) is 0 Å². The topological polar surface area (TPSA) is 163 Å². The van der Waals surface area contributed by atoms with Gasteiger partial charge in [-0.15, -0.1) is 0 Å². The van der Waals surface area contributed by atoms with E-state index in [0.29, 0.717) is 56.2 Å². The highest BCUT2D eigenvalue weighted by Crippen LogP contribution is 2.41. The molecule has 3 aromatic carbocycles. The lowest BCUT2D eigenvalue weighted by molar-refractivity contribution is -0.133. The summed E-state index contributed by atoms with van der Waals surface area (Å²) in [6, 6.07) is 15.5. The largest absolute Gasteiger partial charge is 0.353 e. The predicted molar refractivity (Wildman–Crippen MR) is 194 cm³/mol. The third-order valence-corrected chi connectivity index (χ3v) is 10.5. The van der Waals surface area contributed by atoms with Crippen LogP contribution in [0.4, 0.5) is 22.9 Å². The van der Waals surface area contributed by atoms with Gasteiger partial charge in [0.25, 0.3) is 11.8 Å². The first-order valence-corrected chi connectivity index (χ1v) is 17.0. The first-order valence-electron chi connectivity index (χ1n) is 17.0. The molecule has 9 rings (SSSR count). The van der Waals surface area contributed by atoms with Crippen LogP contribution in [0.15, 0.2) is 86.2 Å². The van der Waals surface area contributed by atoms with Crippen molar-refractivity contribution in [2.45, 2.75) is 25.2 Å². The van der Waals surface area contributed by atoms with Crippen LogP contribution in [0.1, 0.15) is 31.8 Å². The lowest BCUT2D eigenvalue weighted by Gasteiger charge is -2.43. The van der Waals surface area contributed by atoms with Crippen molar-refractivity contribution in [3.05, 3.63) is 108 Å². The summed E-state index contributed by atoms with van der Waals surface area (Å²) >= 11 is 0. The van der Waals surface area contributed by atoms with Gasteiger partial charge in [-0.3, -0.25) is 29.4 Å². The maximum atomic E-state index is 13.9. The molecule has 0 atom stereocenters. The van der Waals surface area contributed by atoms with E-state index in [4.69, 9.17) is 0 Å². The van der Waals surface area contributed by atoms with Crippen molar-refractivity contribution < 1.29 is 19.2 Å². The Morgan fingerprint density at radius 3 is 2.13 bits per heavy atom. The SMILES string of the molecule is C=CC(=O)N1CC(N2Cc3ccc(Nc4n[nH]c5c(-c6cc(Nc7cn[nH]c7)cc7c6CN(C6CN(C(=O)C=C)C6)C7=O)cccc45)cc3C2=O)C1. The smallest absolute Gasteiger partial charge is 0.254 e. The molecule has 4 aliphatic rings. The highest BCUT2D eigenvalue weighted by atomic mass is 16.2. The molecule has 5 aromatic rings. The number of aromatic amines is 2. The Labute approximate surface area is 297 Å². The molecule has 0 radical (unpaired) electrons. The van der Waals surface area contributed by atoms with Crippen LogP contribution in [0, 0.1) is 0 Å². The molecule has 14 heteroatoms. The average molecular weight is 695 g/mol. The molecule has 0 saturated carbocycles. The van der Waals surface area contributed by atoms with E-state index >= 15 is 0 Å². The van der Waals surface area contributed by atoms with Crippen LogP contribution in [0.3, 0.4) is 0 Å². The van der Waals surface area contributed by atoms with E-state index in [1.54, 1.807) is 22.2 Å². The number of rotatable bonds is 9. The molecule has 4 N–H and O–H groups in total. The number of hydrogen-bond donors (Lipinski definition) is 4. The molecule has 0 spiro atoms. The number of amides is 4. The number of anilines is 4. The van der Waals surface area contributed by atoms with Crippen LogP contribution in [0.5, 0.6) is 0 Å². The second-order valence-electron chi connectivity index (χ2n) is 13.5. The van der Waals surface area contributed by atoms with E-state index in [9.17, 15) is 19.2 Å². The summed E-state index contributed by atoms with van der Waals surface area (Å²) in [6.45, 7) is 9.99. The summed E-state index contributed by atoms with van der Waals surface area (Å²) < 4.78 is 0. The number of fused-ring (bicyclic) bond motifs is 3. The molecular formula is C38H34N10O4. The number of carbonyl (C=O) groups excluding carboxylic acids is 4. The maximum absolute atomic E-state index is 13.9. The zero-order chi connectivity index (χ0) is 35.7. The minimum atomic E-state index is -0.139. The molecule has 260 valence electrons. The van der Waals surface area contributed by atoms with Crippen LogP contribution >= 0.6 is 0 Å². The first-order chi connectivity index (χ1) is 25.3. The summed E-state index contributed by atoms with van der Waals surface area (Å²) in [5, 5.41) is 22.3. The maximum Gasteiger partial charge on any atom is 0.254 e. The van der Waals surface area contributed by atoms with Crippen molar-refractivity contribution >= 4 is 57.4 Å². The molecule has 52 heavy (non-hydrogen) atoms. The number of aromatic nitrogens is 4. The third-order valence-electron chi connectivity index (χ3n) is 10.5. The Kier molecular flexibility index (Phi) is 7.20. The van der Waals surface area contributed by atoms with Gasteiger partial charge in [-0.05, 0) is 59.2 Å². The second kappa shape index (κ2) is 12.0.